The summed E-state index contributed by atoms with van der Waals surface area (Å²) in [5.74, 6) is 0. The summed E-state index contributed by atoms with van der Waals surface area (Å²) < 4.78 is 6.99. The SMILES string of the molecule is N#Cc1ccc(=O)n(CC2CCCO2)c1. The molecule has 0 aromatic carbocycles. The number of nitrogens with zero attached hydrogens (tertiary/aromatic N) is 2. The van der Waals surface area contributed by atoms with Crippen LogP contribution < -0.4 is 5.56 Å². The number of aromatic nitrogens is 1. The molecule has 1 aliphatic rings. The summed E-state index contributed by atoms with van der Waals surface area (Å²) in [6.45, 7) is 1.33. The van der Waals surface area contributed by atoms with Gasteiger partial charge in [-0.15, -0.1) is 0 Å². The van der Waals surface area contributed by atoms with Gasteiger partial charge in [-0.2, -0.15) is 5.26 Å². The van der Waals surface area contributed by atoms with Crippen LogP contribution >= 0.6 is 0 Å². The van der Waals surface area contributed by atoms with E-state index in [9.17, 15) is 4.79 Å². The molecular weight excluding hydrogens is 192 g/mol. The van der Waals surface area contributed by atoms with Crippen molar-refractivity contribution in [1.82, 2.24) is 4.57 Å². The molecule has 0 N–H and O–H groups in total. The van der Waals surface area contributed by atoms with E-state index < -0.39 is 0 Å². The van der Waals surface area contributed by atoms with Crippen molar-refractivity contribution in [1.29, 1.82) is 5.26 Å². The average molecular weight is 204 g/mol. The Balaban J connectivity index is 2.19. The van der Waals surface area contributed by atoms with Crippen LogP contribution in [0, 0.1) is 11.3 Å². The van der Waals surface area contributed by atoms with Gasteiger partial charge >= 0.3 is 0 Å². The highest BCUT2D eigenvalue weighted by molar-refractivity contribution is 5.24. The molecule has 15 heavy (non-hydrogen) atoms. The molecule has 1 aromatic rings. The normalized spacial score (nSPS) is 20.1. The van der Waals surface area contributed by atoms with Gasteiger partial charge in [0.2, 0.25) is 0 Å². The third kappa shape index (κ3) is 2.25. The Morgan fingerprint density at radius 1 is 1.60 bits per heavy atom. The van der Waals surface area contributed by atoms with Gasteiger partial charge < -0.3 is 9.30 Å². The van der Waals surface area contributed by atoms with E-state index in [4.69, 9.17) is 10.00 Å². The summed E-state index contributed by atoms with van der Waals surface area (Å²) in [7, 11) is 0. The zero-order chi connectivity index (χ0) is 10.7. The van der Waals surface area contributed by atoms with Crippen LogP contribution in [0.3, 0.4) is 0 Å². The van der Waals surface area contributed by atoms with Crippen LogP contribution in [-0.2, 0) is 11.3 Å². The summed E-state index contributed by atoms with van der Waals surface area (Å²) in [5, 5.41) is 8.72. The van der Waals surface area contributed by atoms with Crippen LogP contribution in [-0.4, -0.2) is 17.3 Å². The Kier molecular flexibility index (Phi) is 2.84. The first kappa shape index (κ1) is 9.94. The van der Waals surface area contributed by atoms with Gasteiger partial charge in [-0.25, -0.2) is 0 Å². The van der Waals surface area contributed by atoms with Crippen molar-refractivity contribution in [2.24, 2.45) is 0 Å². The van der Waals surface area contributed by atoms with Gasteiger partial charge in [0.15, 0.2) is 0 Å². The quantitative estimate of drug-likeness (QED) is 0.719. The Hall–Kier alpha value is -1.60. The van der Waals surface area contributed by atoms with E-state index in [0.717, 1.165) is 19.4 Å². The predicted octanol–water partition coefficient (Wildman–Crippen LogP) is 0.899. The number of hydrogen-bond donors (Lipinski definition) is 0. The molecule has 78 valence electrons. The van der Waals surface area contributed by atoms with Crippen LogP contribution in [0.15, 0.2) is 23.1 Å². The van der Waals surface area contributed by atoms with Crippen molar-refractivity contribution >= 4 is 0 Å². The lowest BCUT2D eigenvalue weighted by atomic mass is 10.2. The minimum absolute atomic E-state index is 0.0792. The molecule has 0 amide bonds. The second-order valence-electron chi connectivity index (χ2n) is 3.66. The Labute approximate surface area is 87.7 Å². The molecule has 0 saturated carbocycles. The minimum atomic E-state index is -0.0792. The Bertz CT molecular complexity index is 439. The van der Waals surface area contributed by atoms with Gasteiger partial charge in [-0.05, 0) is 18.9 Å². The van der Waals surface area contributed by atoms with Crippen molar-refractivity contribution in [2.45, 2.75) is 25.5 Å². The third-order valence-electron chi connectivity index (χ3n) is 2.54. The monoisotopic (exact) mass is 204 g/mol. The standard InChI is InChI=1S/C11H12N2O2/c12-6-9-3-4-11(14)13(7-9)8-10-2-1-5-15-10/h3-4,7,10H,1-2,5,8H2. The van der Waals surface area contributed by atoms with Crippen LogP contribution in [0.4, 0.5) is 0 Å². The van der Waals surface area contributed by atoms with Gasteiger partial charge in [0.05, 0.1) is 18.2 Å². The highest BCUT2D eigenvalue weighted by atomic mass is 16.5. The number of rotatable bonds is 2. The van der Waals surface area contributed by atoms with Gasteiger partial charge in [0.1, 0.15) is 6.07 Å². The van der Waals surface area contributed by atoms with E-state index in [0.29, 0.717) is 12.1 Å². The molecule has 0 spiro atoms. The number of ether oxygens (including phenoxy) is 1. The summed E-state index contributed by atoms with van der Waals surface area (Å²) in [6.07, 6.45) is 3.75. The van der Waals surface area contributed by atoms with Gasteiger partial charge in [0, 0.05) is 18.9 Å². The fourth-order valence-corrected chi connectivity index (χ4v) is 1.75. The van der Waals surface area contributed by atoms with Crippen molar-refractivity contribution in [3.63, 3.8) is 0 Å². The van der Waals surface area contributed by atoms with E-state index in [1.807, 2.05) is 6.07 Å². The molecule has 1 aromatic heterocycles. The summed E-state index contributed by atoms with van der Waals surface area (Å²) in [6, 6.07) is 4.98. The average Bonchev–Trinajstić information content (AvgIpc) is 2.74. The number of hydrogen-bond acceptors (Lipinski definition) is 3. The maximum Gasteiger partial charge on any atom is 0.250 e. The van der Waals surface area contributed by atoms with Crippen molar-refractivity contribution in [3.8, 4) is 6.07 Å². The Morgan fingerprint density at radius 3 is 3.13 bits per heavy atom. The summed E-state index contributed by atoms with van der Waals surface area (Å²) in [5.41, 5.74) is 0.428. The van der Waals surface area contributed by atoms with Gasteiger partial charge in [-0.1, -0.05) is 0 Å². The molecular formula is C11H12N2O2. The topological polar surface area (TPSA) is 55.0 Å². The highest BCUT2D eigenvalue weighted by Gasteiger charge is 2.16. The fraction of sp³-hybridized carbons (Fsp3) is 0.455. The van der Waals surface area contributed by atoms with Crippen molar-refractivity contribution in [3.05, 3.63) is 34.2 Å². The lowest BCUT2D eigenvalue weighted by molar-refractivity contribution is 0.0961. The molecule has 4 heteroatoms. The first-order chi connectivity index (χ1) is 7.29. The van der Waals surface area contributed by atoms with Crippen LogP contribution in [0.5, 0.6) is 0 Å². The predicted molar refractivity (Wildman–Crippen MR) is 54.4 cm³/mol. The molecule has 1 fully saturated rings. The molecule has 0 radical (unpaired) electrons. The van der Waals surface area contributed by atoms with Crippen molar-refractivity contribution < 1.29 is 4.74 Å². The van der Waals surface area contributed by atoms with E-state index in [2.05, 4.69) is 0 Å². The highest BCUT2D eigenvalue weighted by Crippen LogP contribution is 2.13. The molecule has 2 heterocycles. The van der Waals surface area contributed by atoms with E-state index in [1.54, 1.807) is 10.8 Å². The Morgan fingerprint density at radius 2 is 2.47 bits per heavy atom. The smallest absolute Gasteiger partial charge is 0.250 e. The van der Waals surface area contributed by atoms with Crippen molar-refractivity contribution in [2.75, 3.05) is 6.61 Å². The zero-order valence-electron chi connectivity index (χ0n) is 8.35. The molecule has 1 unspecified atom stereocenters. The molecule has 4 nitrogen and oxygen atoms in total. The first-order valence-electron chi connectivity index (χ1n) is 5.02. The van der Waals surface area contributed by atoms with Gasteiger partial charge in [-0.3, -0.25) is 4.79 Å². The zero-order valence-corrected chi connectivity index (χ0v) is 8.35. The molecule has 1 atom stereocenters. The molecule has 2 rings (SSSR count). The second-order valence-corrected chi connectivity index (χ2v) is 3.66. The van der Waals surface area contributed by atoms with Gasteiger partial charge in [0.25, 0.3) is 5.56 Å². The molecule has 1 aliphatic heterocycles. The van der Waals surface area contributed by atoms with Crippen LogP contribution in [0.2, 0.25) is 0 Å². The molecule has 1 saturated heterocycles. The van der Waals surface area contributed by atoms with E-state index in [-0.39, 0.29) is 11.7 Å². The largest absolute Gasteiger partial charge is 0.376 e. The lowest BCUT2D eigenvalue weighted by Crippen LogP contribution is -2.25. The fourth-order valence-electron chi connectivity index (χ4n) is 1.75. The van der Waals surface area contributed by atoms with Crippen LogP contribution in [0.1, 0.15) is 18.4 Å². The summed E-state index contributed by atoms with van der Waals surface area (Å²) >= 11 is 0. The summed E-state index contributed by atoms with van der Waals surface area (Å²) in [4.78, 5) is 11.5. The lowest BCUT2D eigenvalue weighted by Gasteiger charge is -2.11. The minimum Gasteiger partial charge on any atom is -0.376 e. The molecule has 0 aliphatic carbocycles. The number of nitriles is 1. The third-order valence-corrected chi connectivity index (χ3v) is 2.54. The van der Waals surface area contributed by atoms with Crippen LogP contribution in [0.25, 0.3) is 0 Å². The first-order valence-corrected chi connectivity index (χ1v) is 5.02. The van der Waals surface area contributed by atoms with E-state index in [1.165, 1.54) is 12.1 Å². The maximum absolute atomic E-state index is 11.5. The number of pyridine rings is 1. The van der Waals surface area contributed by atoms with E-state index >= 15 is 0 Å². The molecule has 0 bridgehead atoms. The second kappa shape index (κ2) is 4.28. The maximum atomic E-state index is 11.5.